The van der Waals surface area contributed by atoms with Crippen LogP contribution in [-0.2, 0) is 0 Å². The van der Waals surface area contributed by atoms with Gasteiger partial charge >= 0.3 is 0 Å². The maximum absolute atomic E-state index is 12.5. The normalized spacial score (nSPS) is 10.9. The molecule has 1 amide bonds. The number of amides is 1. The molecule has 4 aromatic rings. The molecule has 4 rings (SSSR count). The number of carbonyl (C=O) groups excluding carboxylic acids is 1. The molecule has 6 nitrogen and oxygen atoms in total. The van der Waals surface area contributed by atoms with E-state index in [1.54, 1.807) is 28.0 Å². The molecule has 3 aromatic heterocycles. The first-order valence-corrected chi connectivity index (χ1v) is 8.51. The standard InChI is InChI=1S/C18H15N5OS/c1-11-7-8-14(25-11)17-21-16-10-12(9-15(19)23(16)22-17)18(24)20-13-5-3-2-4-6-13/h2-10H,19H2,1H3,(H,20,24). The zero-order valence-electron chi connectivity index (χ0n) is 13.4. The Hall–Kier alpha value is -3.19. The summed E-state index contributed by atoms with van der Waals surface area (Å²) in [5.41, 5.74) is 7.77. The van der Waals surface area contributed by atoms with Crippen LogP contribution in [0.5, 0.6) is 0 Å². The number of nitrogens with one attached hydrogen (secondary N) is 1. The summed E-state index contributed by atoms with van der Waals surface area (Å²) < 4.78 is 1.55. The molecule has 0 bridgehead atoms. The van der Waals surface area contributed by atoms with Crippen molar-refractivity contribution in [1.82, 2.24) is 14.6 Å². The highest BCUT2D eigenvalue weighted by atomic mass is 32.1. The summed E-state index contributed by atoms with van der Waals surface area (Å²) in [6.07, 6.45) is 0. The fourth-order valence-corrected chi connectivity index (χ4v) is 3.32. The Bertz CT molecular complexity index is 1070. The quantitative estimate of drug-likeness (QED) is 0.592. The number of nitrogens with zero attached hydrogens (tertiary/aromatic N) is 3. The number of nitrogens with two attached hydrogens (primary N) is 1. The van der Waals surface area contributed by atoms with Gasteiger partial charge in [0.15, 0.2) is 11.5 Å². The van der Waals surface area contributed by atoms with Crippen LogP contribution in [0.25, 0.3) is 16.3 Å². The number of benzene rings is 1. The Kier molecular flexibility index (Phi) is 3.70. The van der Waals surface area contributed by atoms with Crippen molar-refractivity contribution in [3.8, 4) is 10.7 Å². The van der Waals surface area contributed by atoms with Crippen molar-refractivity contribution in [2.24, 2.45) is 0 Å². The molecule has 0 fully saturated rings. The molecule has 0 atom stereocenters. The van der Waals surface area contributed by atoms with Gasteiger partial charge < -0.3 is 11.1 Å². The Morgan fingerprint density at radius 1 is 1.16 bits per heavy atom. The van der Waals surface area contributed by atoms with Crippen molar-refractivity contribution in [3.63, 3.8) is 0 Å². The number of aromatic nitrogens is 3. The van der Waals surface area contributed by atoms with Crippen molar-refractivity contribution in [2.75, 3.05) is 11.1 Å². The maximum atomic E-state index is 12.5. The molecule has 0 aliphatic carbocycles. The topological polar surface area (TPSA) is 85.3 Å². The average molecular weight is 349 g/mol. The van der Waals surface area contributed by atoms with E-state index in [2.05, 4.69) is 15.4 Å². The second-order valence-corrected chi connectivity index (χ2v) is 6.89. The highest BCUT2D eigenvalue weighted by molar-refractivity contribution is 7.15. The molecule has 0 aliphatic rings. The summed E-state index contributed by atoms with van der Waals surface area (Å²) in [5.74, 6) is 0.727. The van der Waals surface area contributed by atoms with Gasteiger partial charge in [0, 0.05) is 16.1 Å². The third-order valence-electron chi connectivity index (χ3n) is 3.72. The van der Waals surface area contributed by atoms with Crippen molar-refractivity contribution in [3.05, 3.63) is 65.0 Å². The largest absolute Gasteiger partial charge is 0.384 e. The monoisotopic (exact) mass is 349 g/mol. The Morgan fingerprint density at radius 2 is 1.96 bits per heavy atom. The highest BCUT2D eigenvalue weighted by Crippen LogP contribution is 2.26. The van der Waals surface area contributed by atoms with Gasteiger partial charge in [0.05, 0.1) is 4.88 Å². The van der Waals surface area contributed by atoms with Crippen molar-refractivity contribution >= 4 is 34.4 Å². The van der Waals surface area contributed by atoms with E-state index in [1.807, 2.05) is 49.4 Å². The molecule has 3 heterocycles. The van der Waals surface area contributed by atoms with Crippen LogP contribution >= 0.6 is 11.3 Å². The first-order valence-electron chi connectivity index (χ1n) is 7.70. The van der Waals surface area contributed by atoms with Gasteiger partial charge in [-0.05, 0) is 43.3 Å². The van der Waals surface area contributed by atoms with Crippen LogP contribution in [0.2, 0.25) is 0 Å². The first kappa shape index (κ1) is 15.3. The molecule has 0 spiro atoms. The van der Waals surface area contributed by atoms with Gasteiger partial charge in [-0.3, -0.25) is 4.79 Å². The molecule has 3 N–H and O–H groups in total. The Balaban J connectivity index is 1.70. The minimum Gasteiger partial charge on any atom is -0.384 e. The first-order chi connectivity index (χ1) is 12.1. The van der Waals surface area contributed by atoms with Gasteiger partial charge in [0.25, 0.3) is 5.91 Å². The minimum atomic E-state index is -0.239. The molecule has 0 aliphatic heterocycles. The predicted octanol–water partition coefficient (Wildman–Crippen LogP) is 3.60. The molecule has 1 aromatic carbocycles. The average Bonchev–Trinajstić information content (AvgIpc) is 3.22. The smallest absolute Gasteiger partial charge is 0.255 e. The second-order valence-electron chi connectivity index (χ2n) is 5.60. The van der Waals surface area contributed by atoms with Gasteiger partial charge in [-0.15, -0.1) is 16.4 Å². The minimum absolute atomic E-state index is 0.239. The number of aryl methyl sites for hydroxylation is 1. The van der Waals surface area contributed by atoms with Crippen LogP contribution in [0.15, 0.2) is 54.6 Å². The molecule has 7 heteroatoms. The van der Waals surface area contributed by atoms with Gasteiger partial charge in [0.2, 0.25) is 0 Å². The zero-order chi connectivity index (χ0) is 17.4. The fourth-order valence-electron chi connectivity index (χ4n) is 2.52. The van der Waals surface area contributed by atoms with Gasteiger partial charge in [-0.2, -0.15) is 4.52 Å². The molecular formula is C18H15N5OS. The summed E-state index contributed by atoms with van der Waals surface area (Å²) >= 11 is 1.62. The van der Waals surface area contributed by atoms with E-state index in [-0.39, 0.29) is 5.91 Å². The molecule has 0 saturated heterocycles. The zero-order valence-corrected chi connectivity index (χ0v) is 14.2. The number of thiophene rings is 1. The van der Waals surface area contributed by atoms with Gasteiger partial charge in [0.1, 0.15) is 5.82 Å². The van der Waals surface area contributed by atoms with E-state index in [0.717, 1.165) is 10.6 Å². The summed E-state index contributed by atoms with van der Waals surface area (Å²) in [5, 5.41) is 7.28. The molecule has 124 valence electrons. The maximum Gasteiger partial charge on any atom is 0.255 e. The summed E-state index contributed by atoms with van der Waals surface area (Å²) in [7, 11) is 0. The van der Waals surface area contributed by atoms with Crippen molar-refractivity contribution < 1.29 is 4.79 Å². The van der Waals surface area contributed by atoms with E-state index in [0.29, 0.717) is 22.9 Å². The van der Waals surface area contributed by atoms with Crippen LogP contribution < -0.4 is 11.1 Å². The lowest BCUT2D eigenvalue weighted by Gasteiger charge is -2.06. The number of anilines is 2. The number of para-hydroxylation sites is 1. The molecule has 25 heavy (non-hydrogen) atoms. The molecule has 0 saturated carbocycles. The number of hydrogen-bond acceptors (Lipinski definition) is 5. The van der Waals surface area contributed by atoms with E-state index < -0.39 is 0 Å². The van der Waals surface area contributed by atoms with E-state index in [4.69, 9.17) is 5.73 Å². The van der Waals surface area contributed by atoms with Crippen LogP contribution in [0.3, 0.4) is 0 Å². The summed E-state index contributed by atoms with van der Waals surface area (Å²) in [6.45, 7) is 2.03. The number of hydrogen-bond donors (Lipinski definition) is 2. The fraction of sp³-hybridized carbons (Fsp3) is 0.0556. The number of fused-ring (bicyclic) bond motifs is 1. The third kappa shape index (κ3) is 2.97. The highest BCUT2D eigenvalue weighted by Gasteiger charge is 2.14. The number of pyridine rings is 1. The van der Waals surface area contributed by atoms with Gasteiger partial charge in [-0.1, -0.05) is 18.2 Å². The van der Waals surface area contributed by atoms with E-state index in [9.17, 15) is 4.79 Å². The van der Waals surface area contributed by atoms with Crippen LogP contribution in [0.1, 0.15) is 15.2 Å². The SMILES string of the molecule is Cc1ccc(-c2nc3cc(C(=O)Nc4ccccc4)cc(N)n3n2)s1. The number of carbonyl (C=O) groups is 1. The molecular weight excluding hydrogens is 334 g/mol. The number of nitrogen functional groups attached to an aromatic ring is 1. The van der Waals surface area contributed by atoms with E-state index in [1.165, 1.54) is 4.88 Å². The van der Waals surface area contributed by atoms with Crippen LogP contribution in [0.4, 0.5) is 11.5 Å². The lowest BCUT2D eigenvalue weighted by molar-refractivity contribution is 0.102. The van der Waals surface area contributed by atoms with Gasteiger partial charge in [-0.25, -0.2) is 4.98 Å². The van der Waals surface area contributed by atoms with Crippen molar-refractivity contribution in [1.29, 1.82) is 0 Å². The van der Waals surface area contributed by atoms with Crippen molar-refractivity contribution in [2.45, 2.75) is 6.92 Å². The molecule has 0 unspecified atom stereocenters. The van der Waals surface area contributed by atoms with E-state index >= 15 is 0 Å². The summed E-state index contributed by atoms with van der Waals surface area (Å²) in [6, 6.07) is 16.6. The lowest BCUT2D eigenvalue weighted by atomic mass is 10.2. The second kappa shape index (κ2) is 6.03. The van der Waals surface area contributed by atoms with Crippen LogP contribution in [0, 0.1) is 6.92 Å². The van der Waals surface area contributed by atoms with Crippen LogP contribution in [-0.4, -0.2) is 20.5 Å². The lowest BCUT2D eigenvalue weighted by Crippen LogP contribution is -2.13. The third-order valence-corrected chi connectivity index (χ3v) is 4.72. The predicted molar refractivity (Wildman–Crippen MR) is 99.8 cm³/mol. The Morgan fingerprint density at radius 3 is 2.68 bits per heavy atom. The molecule has 0 radical (unpaired) electrons. The Labute approximate surface area is 147 Å². The summed E-state index contributed by atoms with van der Waals surface area (Å²) in [4.78, 5) is 19.1. The number of rotatable bonds is 3.